The average molecular weight is 207 g/mol. The summed E-state index contributed by atoms with van der Waals surface area (Å²) >= 11 is 0. The van der Waals surface area contributed by atoms with Crippen LogP contribution in [-0.4, -0.2) is 6.61 Å². The molecule has 0 aliphatic heterocycles. The standard InChI is InChI=1S/C13H21NO/c1-3-4-5-9-15-13-8-6-7-12(10-13)11(2)14/h6-8,10-11H,3-5,9,14H2,1-2H3/t11-/m1/s1. The van der Waals surface area contributed by atoms with E-state index in [9.17, 15) is 0 Å². The Labute approximate surface area is 92.4 Å². The zero-order valence-electron chi connectivity index (χ0n) is 9.70. The van der Waals surface area contributed by atoms with Gasteiger partial charge in [-0.2, -0.15) is 0 Å². The first-order valence-electron chi connectivity index (χ1n) is 5.72. The van der Waals surface area contributed by atoms with Crippen LogP contribution in [0.5, 0.6) is 5.75 Å². The van der Waals surface area contributed by atoms with E-state index in [1.165, 1.54) is 12.8 Å². The Morgan fingerprint density at radius 3 is 2.80 bits per heavy atom. The van der Waals surface area contributed by atoms with Gasteiger partial charge >= 0.3 is 0 Å². The highest BCUT2D eigenvalue weighted by Gasteiger charge is 2.00. The first kappa shape index (κ1) is 12.1. The fraction of sp³-hybridized carbons (Fsp3) is 0.538. The van der Waals surface area contributed by atoms with Gasteiger partial charge in [-0.05, 0) is 31.0 Å². The lowest BCUT2D eigenvalue weighted by molar-refractivity contribution is 0.306. The molecule has 0 amide bonds. The summed E-state index contributed by atoms with van der Waals surface area (Å²) in [5, 5.41) is 0. The second-order valence-electron chi connectivity index (χ2n) is 3.92. The van der Waals surface area contributed by atoms with Gasteiger partial charge < -0.3 is 10.5 Å². The molecule has 1 rings (SSSR count). The maximum absolute atomic E-state index is 5.80. The van der Waals surface area contributed by atoms with Crippen LogP contribution < -0.4 is 10.5 Å². The highest BCUT2D eigenvalue weighted by Crippen LogP contribution is 2.17. The van der Waals surface area contributed by atoms with E-state index >= 15 is 0 Å². The van der Waals surface area contributed by atoms with Crippen LogP contribution in [0.3, 0.4) is 0 Å². The largest absolute Gasteiger partial charge is 0.494 e. The lowest BCUT2D eigenvalue weighted by Gasteiger charge is -2.09. The van der Waals surface area contributed by atoms with Gasteiger partial charge in [-0.1, -0.05) is 31.9 Å². The van der Waals surface area contributed by atoms with Crippen molar-refractivity contribution < 1.29 is 4.74 Å². The number of benzene rings is 1. The molecular formula is C13H21NO. The number of hydrogen-bond donors (Lipinski definition) is 1. The molecule has 0 bridgehead atoms. The predicted molar refractivity (Wildman–Crippen MR) is 64.1 cm³/mol. The van der Waals surface area contributed by atoms with Crippen molar-refractivity contribution >= 4 is 0 Å². The van der Waals surface area contributed by atoms with Crippen LogP contribution in [-0.2, 0) is 0 Å². The highest BCUT2D eigenvalue weighted by atomic mass is 16.5. The van der Waals surface area contributed by atoms with Gasteiger partial charge in [0, 0.05) is 6.04 Å². The quantitative estimate of drug-likeness (QED) is 0.726. The summed E-state index contributed by atoms with van der Waals surface area (Å²) in [6.45, 7) is 4.98. The van der Waals surface area contributed by atoms with Gasteiger partial charge in [0.2, 0.25) is 0 Å². The molecule has 84 valence electrons. The summed E-state index contributed by atoms with van der Waals surface area (Å²) < 4.78 is 5.64. The second-order valence-corrected chi connectivity index (χ2v) is 3.92. The van der Waals surface area contributed by atoms with E-state index < -0.39 is 0 Å². The summed E-state index contributed by atoms with van der Waals surface area (Å²) in [6.07, 6.45) is 3.58. The van der Waals surface area contributed by atoms with E-state index in [2.05, 4.69) is 6.92 Å². The molecular weight excluding hydrogens is 186 g/mol. The Balaban J connectivity index is 2.43. The maximum Gasteiger partial charge on any atom is 0.119 e. The zero-order valence-corrected chi connectivity index (χ0v) is 9.70. The van der Waals surface area contributed by atoms with Crippen molar-refractivity contribution in [2.75, 3.05) is 6.61 Å². The molecule has 0 unspecified atom stereocenters. The van der Waals surface area contributed by atoms with E-state index in [4.69, 9.17) is 10.5 Å². The molecule has 1 atom stereocenters. The molecule has 0 saturated heterocycles. The molecule has 1 aromatic carbocycles. The van der Waals surface area contributed by atoms with Crippen molar-refractivity contribution in [1.29, 1.82) is 0 Å². The molecule has 0 fully saturated rings. The van der Waals surface area contributed by atoms with Gasteiger partial charge in [-0.25, -0.2) is 0 Å². The van der Waals surface area contributed by atoms with E-state index in [0.717, 1.165) is 24.3 Å². The topological polar surface area (TPSA) is 35.2 Å². The number of ether oxygens (including phenoxy) is 1. The lowest BCUT2D eigenvalue weighted by atomic mass is 10.1. The predicted octanol–water partition coefficient (Wildman–Crippen LogP) is 3.28. The Bertz CT molecular complexity index is 284. The third-order valence-electron chi connectivity index (χ3n) is 2.40. The van der Waals surface area contributed by atoms with Crippen molar-refractivity contribution in [2.24, 2.45) is 5.73 Å². The molecule has 2 nitrogen and oxygen atoms in total. The van der Waals surface area contributed by atoms with E-state index in [1.54, 1.807) is 0 Å². The average Bonchev–Trinajstić information content (AvgIpc) is 2.25. The fourth-order valence-corrected chi connectivity index (χ4v) is 1.43. The Hall–Kier alpha value is -1.02. The summed E-state index contributed by atoms with van der Waals surface area (Å²) in [7, 11) is 0. The molecule has 0 aliphatic rings. The minimum absolute atomic E-state index is 0.0733. The van der Waals surface area contributed by atoms with Gasteiger partial charge in [-0.15, -0.1) is 0 Å². The van der Waals surface area contributed by atoms with E-state index in [-0.39, 0.29) is 6.04 Å². The molecule has 1 aromatic rings. The number of unbranched alkanes of at least 4 members (excludes halogenated alkanes) is 2. The highest BCUT2D eigenvalue weighted by molar-refractivity contribution is 5.30. The monoisotopic (exact) mass is 207 g/mol. The van der Waals surface area contributed by atoms with Gasteiger partial charge in [0.1, 0.15) is 5.75 Å². The summed E-state index contributed by atoms with van der Waals surface area (Å²) in [6, 6.07) is 8.11. The zero-order chi connectivity index (χ0) is 11.1. The summed E-state index contributed by atoms with van der Waals surface area (Å²) in [5.41, 5.74) is 6.93. The Kier molecular flexibility index (Phi) is 5.19. The maximum atomic E-state index is 5.80. The first-order valence-corrected chi connectivity index (χ1v) is 5.72. The molecule has 0 aliphatic carbocycles. The number of hydrogen-bond acceptors (Lipinski definition) is 2. The minimum Gasteiger partial charge on any atom is -0.494 e. The van der Waals surface area contributed by atoms with Crippen molar-refractivity contribution in [3.8, 4) is 5.75 Å². The molecule has 15 heavy (non-hydrogen) atoms. The molecule has 0 aromatic heterocycles. The molecule has 0 saturated carbocycles. The van der Waals surface area contributed by atoms with Gasteiger partial charge in [0.15, 0.2) is 0 Å². The smallest absolute Gasteiger partial charge is 0.119 e. The lowest BCUT2D eigenvalue weighted by Crippen LogP contribution is -2.05. The number of nitrogens with two attached hydrogens (primary N) is 1. The molecule has 0 spiro atoms. The third-order valence-corrected chi connectivity index (χ3v) is 2.40. The van der Waals surface area contributed by atoms with Crippen LogP contribution in [0.4, 0.5) is 0 Å². The first-order chi connectivity index (χ1) is 7.24. The van der Waals surface area contributed by atoms with Crippen LogP contribution in [0, 0.1) is 0 Å². The van der Waals surface area contributed by atoms with Crippen molar-refractivity contribution in [2.45, 2.75) is 39.2 Å². The van der Waals surface area contributed by atoms with E-state index in [1.807, 2.05) is 31.2 Å². The van der Waals surface area contributed by atoms with Crippen LogP contribution in [0.25, 0.3) is 0 Å². The van der Waals surface area contributed by atoms with E-state index in [0.29, 0.717) is 0 Å². The van der Waals surface area contributed by atoms with Crippen LogP contribution in [0.2, 0.25) is 0 Å². The molecule has 0 heterocycles. The Morgan fingerprint density at radius 1 is 1.33 bits per heavy atom. The normalized spacial score (nSPS) is 12.5. The van der Waals surface area contributed by atoms with Gasteiger partial charge in [0.25, 0.3) is 0 Å². The van der Waals surface area contributed by atoms with Crippen molar-refractivity contribution in [3.63, 3.8) is 0 Å². The Morgan fingerprint density at radius 2 is 2.13 bits per heavy atom. The summed E-state index contributed by atoms with van der Waals surface area (Å²) in [4.78, 5) is 0. The molecule has 2 heteroatoms. The van der Waals surface area contributed by atoms with Crippen molar-refractivity contribution in [1.82, 2.24) is 0 Å². The number of rotatable bonds is 6. The van der Waals surface area contributed by atoms with Gasteiger partial charge in [-0.3, -0.25) is 0 Å². The summed E-state index contributed by atoms with van der Waals surface area (Å²) in [5.74, 6) is 0.931. The fourth-order valence-electron chi connectivity index (χ4n) is 1.43. The molecule has 0 radical (unpaired) electrons. The third kappa shape index (κ3) is 4.34. The van der Waals surface area contributed by atoms with Crippen molar-refractivity contribution in [3.05, 3.63) is 29.8 Å². The second kappa shape index (κ2) is 6.46. The van der Waals surface area contributed by atoms with Crippen LogP contribution in [0.15, 0.2) is 24.3 Å². The van der Waals surface area contributed by atoms with Crippen LogP contribution in [0.1, 0.15) is 44.7 Å². The minimum atomic E-state index is 0.0733. The molecule has 2 N–H and O–H groups in total. The SMILES string of the molecule is CCCCCOc1cccc([C@@H](C)N)c1. The van der Waals surface area contributed by atoms with Gasteiger partial charge in [0.05, 0.1) is 6.61 Å². The van der Waals surface area contributed by atoms with Crippen LogP contribution >= 0.6 is 0 Å².